The third-order valence-electron chi connectivity index (χ3n) is 1.000. The third kappa shape index (κ3) is 6.45. The minimum Gasteiger partial charge on any atom is -0.353 e. The molecule has 0 fully saturated rings. The topological polar surface area (TPSA) is 29.1 Å². The van der Waals surface area contributed by atoms with Gasteiger partial charge in [0.2, 0.25) is 5.91 Å². The van der Waals surface area contributed by atoms with Gasteiger partial charge in [-0.15, -0.1) is 0 Å². The van der Waals surface area contributed by atoms with E-state index in [0.29, 0.717) is 5.33 Å². The van der Waals surface area contributed by atoms with Gasteiger partial charge in [0.05, 0.1) is 0 Å². The molecule has 0 bridgehead atoms. The molecule has 0 aliphatic heterocycles. The van der Waals surface area contributed by atoms with Gasteiger partial charge < -0.3 is 5.32 Å². The second-order valence-electron chi connectivity index (χ2n) is 2.41. The number of amides is 1. The second-order valence-corrected chi connectivity index (χ2v) is 3.06. The monoisotopic (exact) mass is 247 g/mol. The standard InChI is InChI=1S/C6H9BrF3NO/c1-4(3-7)11-5(12)2-6(8,9)10/h4H,2-3H2,1H3,(H,11,12). The lowest BCUT2D eigenvalue weighted by Crippen LogP contribution is -2.36. The van der Waals surface area contributed by atoms with Gasteiger partial charge in [-0.3, -0.25) is 4.79 Å². The van der Waals surface area contributed by atoms with Crippen LogP contribution >= 0.6 is 15.9 Å². The molecule has 0 aromatic carbocycles. The summed E-state index contributed by atoms with van der Waals surface area (Å²) in [6.45, 7) is 1.61. The summed E-state index contributed by atoms with van der Waals surface area (Å²) in [4.78, 5) is 10.6. The van der Waals surface area contributed by atoms with Crippen LogP contribution in [-0.2, 0) is 4.79 Å². The van der Waals surface area contributed by atoms with Crippen LogP contribution in [0.3, 0.4) is 0 Å². The minimum absolute atomic E-state index is 0.278. The molecule has 72 valence electrons. The van der Waals surface area contributed by atoms with E-state index in [1.165, 1.54) is 0 Å². The van der Waals surface area contributed by atoms with E-state index in [9.17, 15) is 18.0 Å². The zero-order chi connectivity index (χ0) is 9.78. The molecule has 1 unspecified atom stereocenters. The molecule has 0 rings (SSSR count). The highest BCUT2D eigenvalue weighted by atomic mass is 79.9. The first kappa shape index (κ1) is 11.7. The first-order valence-electron chi connectivity index (χ1n) is 3.27. The van der Waals surface area contributed by atoms with Crippen LogP contribution in [-0.4, -0.2) is 23.5 Å². The lowest BCUT2D eigenvalue weighted by atomic mass is 10.3. The minimum atomic E-state index is -4.42. The maximum absolute atomic E-state index is 11.6. The first-order valence-corrected chi connectivity index (χ1v) is 4.39. The van der Waals surface area contributed by atoms with Crippen molar-refractivity contribution in [3.63, 3.8) is 0 Å². The van der Waals surface area contributed by atoms with Crippen molar-refractivity contribution in [3.8, 4) is 0 Å². The molecule has 6 heteroatoms. The molecule has 0 aromatic rings. The van der Waals surface area contributed by atoms with E-state index < -0.39 is 18.5 Å². The largest absolute Gasteiger partial charge is 0.397 e. The number of hydrogen-bond donors (Lipinski definition) is 1. The summed E-state index contributed by atoms with van der Waals surface area (Å²) in [5, 5.41) is 2.62. The Morgan fingerprint density at radius 3 is 2.42 bits per heavy atom. The van der Waals surface area contributed by atoms with Crippen LogP contribution in [0.1, 0.15) is 13.3 Å². The van der Waals surface area contributed by atoms with Gasteiger partial charge in [0.15, 0.2) is 0 Å². The van der Waals surface area contributed by atoms with Crippen LogP contribution in [0.25, 0.3) is 0 Å². The van der Waals surface area contributed by atoms with Crippen molar-refractivity contribution in [2.75, 3.05) is 5.33 Å². The molecule has 0 spiro atoms. The van der Waals surface area contributed by atoms with E-state index in [4.69, 9.17) is 0 Å². The Morgan fingerprint density at radius 1 is 1.58 bits per heavy atom. The van der Waals surface area contributed by atoms with Gasteiger partial charge in [0, 0.05) is 11.4 Å². The van der Waals surface area contributed by atoms with Crippen LogP contribution in [0, 0.1) is 0 Å². The zero-order valence-corrected chi connectivity index (χ0v) is 8.00. The van der Waals surface area contributed by atoms with Gasteiger partial charge in [-0.1, -0.05) is 15.9 Å². The quantitative estimate of drug-likeness (QED) is 0.758. The molecular formula is C6H9BrF3NO. The molecule has 0 radical (unpaired) electrons. The number of hydrogen-bond acceptors (Lipinski definition) is 1. The van der Waals surface area contributed by atoms with E-state index in [1.807, 2.05) is 0 Å². The Morgan fingerprint density at radius 2 is 2.08 bits per heavy atom. The molecule has 1 N–H and O–H groups in total. The van der Waals surface area contributed by atoms with E-state index >= 15 is 0 Å². The molecule has 0 aliphatic rings. The molecule has 1 atom stereocenters. The summed E-state index contributed by atoms with van der Waals surface area (Å²) in [7, 11) is 0. The van der Waals surface area contributed by atoms with Gasteiger partial charge >= 0.3 is 6.18 Å². The highest BCUT2D eigenvalue weighted by Crippen LogP contribution is 2.18. The zero-order valence-electron chi connectivity index (χ0n) is 6.41. The van der Waals surface area contributed by atoms with Crippen LogP contribution in [0.15, 0.2) is 0 Å². The highest BCUT2D eigenvalue weighted by Gasteiger charge is 2.31. The SMILES string of the molecule is CC(CBr)NC(=O)CC(F)(F)F. The number of carbonyl (C=O) groups is 1. The predicted octanol–water partition coefficient (Wildman–Crippen LogP) is 1.84. The van der Waals surface area contributed by atoms with Crippen molar-refractivity contribution in [1.82, 2.24) is 5.32 Å². The molecule has 0 aliphatic carbocycles. The molecular weight excluding hydrogens is 239 g/mol. The van der Waals surface area contributed by atoms with Crippen molar-refractivity contribution in [1.29, 1.82) is 0 Å². The third-order valence-corrected chi connectivity index (χ3v) is 1.97. The van der Waals surface area contributed by atoms with Gasteiger partial charge in [-0.25, -0.2) is 0 Å². The molecule has 0 saturated heterocycles. The average Bonchev–Trinajstić information content (AvgIpc) is 1.82. The van der Waals surface area contributed by atoms with Crippen molar-refractivity contribution in [3.05, 3.63) is 0 Å². The van der Waals surface area contributed by atoms with E-state index in [2.05, 4.69) is 21.2 Å². The van der Waals surface area contributed by atoms with Gasteiger partial charge in [0.25, 0.3) is 0 Å². The summed E-state index contributed by atoms with van der Waals surface area (Å²) in [5.41, 5.74) is 0. The molecule has 0 heterocycles. The Balaban J connectivity index is 3.75. The molecule has 0 aromatic heterocycles. The van der Waals surface area contributed by atoms with E-state index in [1.54, 1.807) is 6.92 Å². The van der Waals surface area contributed by atoms with Crippen LogP contribution in [0.4, 0.5) is 13.2 Å². The Hall–Kier alpha value is -0.260. The van der Waals surface area contributed by atoms with Gasteiger partial charge in [0.1, 0.15) is 6.42 Å². The maximum Gasteiger partial charge on any atom is 0.397 e. The number of nitrogens with one attached hydrogen (secondary N) is 1. The molecule has 12 heavy (non-hydrogen) atoms. The highest BCUT2D eigenvalue weighted by molar-refractivity contribution is 9.09. The van der Waals surface area contributed by atoms with Crippen LogP contribution in [0.5, 0.6) is 0 Å². The molecule has 0 saturated carbocycles. The lowest BCUT2D eigenvalue weighted by molar-refractivity contribution is -0.154. The molecule has 1 amide bonds. The van der Waals surface area contributed by atoms with Gasteiger partial charge in [-0.2, -0.15) is 13.2 Å². The first-order chi connectivity index (χ1) is 5.35. The van der Waals surface area contributed by atoms with Crippen molar-refractivity contribution in [2.24, 2.45) is 0 Å². The maximum atomic E-state index is 11.6. The number of alkyl halides is 4. The Kier molecular flexibility index (Phi) is 4.59. The molecule has 2 nitrogen and oxygen atoms in total. The van der Waals surface area contributed by atoms with E-state index in [0.717, 1.165) is 0 Å². The van der Waals surface area contributed by atoms with Crippen molar-refractivity contribution < 1.29 is 18.0 Å². The fraction of sp³-hybridized carbons (Fsp3) is 0.833. The predicted molar refractivity (Wildman–Crippen MR) is 42.1 cm³/mol. The summed E-state index contributed by atoms with van der Waals surface area (Å²) in [6.07, 6.45) is -5.83. The van der Waals surface area contributed by atoms with E-state index in [-0.39, 0.29) is 6.04 Å². The number of halogens is 4. The van der Waals surface area contributed by atoms with Crippen LogP contribution in [0.2, 0.25) is 0 Å². The Bertz CT molecular complexity index is 159. The number of carbonyl (C=O) groups excluding carboxylic acids is 1. The fourth-order valence-corrected chi connectivity index (χ4v) is 0.708. The van der Waals surface area contributed by atoms with Crippen molar-refractivity contribution in [2.45, 2.75) is 25.6 Å². The normalized spacial score (nSPS) is 14.1. The Labute approximate surface area is 76.6 Å². The summed E-state index contributed by atoms with van der Waals surface area (Å²) >= 11 is 3.03. The smallest absolute Gasteiger partial charge is 0.353 e. The summed E-state index contributed by atoms with van der Waals surface area (Å²) < 4.78 is 34.8. The second kappa shape index (κ2) is 4.69. The van der Waals surface area contributed by atoms with Gasteiger partial charge in [-0.05, 0) is 6.92 Å². The summed E-state index contributed by atoms with van der Waals surface area (Å²) in [6, 6.07) is -0.278. The summed E-state index contributed by atoms with van der Waals surface area (Å²) in [5.74, 6) is -0.991. The fourth-order valence-electron chi connectivity index (χ4n) is 0.546. The van der Waals surface area contributed by atoms with Crippen LogP contribution < -0.4 is 5.32 Å². The number of rotatable bonds is 3. The van der Waals surface area contributed by atoms with Crippen molar-refractivity contribution >= 4 is 21.8 Å². The average molecular weight is 248 g/mol. The lowest BCUT2D eigenvalue weighted by Gasteiger charge is -2.11.